The van der Waals surface area contributed by atoms with Gasteiger partial charge in [-0.1, -0.05) is 0 Å². The topological polar surface area (TPSA) is 80.6 Å². The monoisotopic (exact) mass is 251 g/mol. The molecular weight excluding hydrogens is 238 g/mol. The van der Waals surface area contributed by atoms with Crippen molar-refractivity contribution in [1.82, 2.24) is 19.9 Å². The predicted octanol–water partition coefficient (Wildman–Crippen LogP) is 1.30. The summed E-state index contributed by atoms with van der Waals surface area (Å²) in [4.78, 5) is 26.8. The normalized spacial score (nSPS) is 16.6. The molecule has 0 aromatic carbocycles. The van der Waals surface area contributed by atoms with E-state index in [0.717, 1.165) is 25.9 Å². The van der Waals surface area contributed by atoms with E-state index in [1.54, 1.807) is 0 Å². The molecule has 0 radical (unpaired) electrons. The minimum atomic E-state index is -0.178. The van der Waals surface area contributed by atoms with E-state index >= 15 is 0 Å². The van der Waals surface area contributed by atoms with Crippen LogP contribution < -0.4 is 10.5 Å². The number of aromatic nitrogens is 4. The molecule has 0 spiro atoms. The quantitative estimate of drug-likeness (QED) is 0.667. The zero-order valence-electron chi connectivity index (χ0n) is 9.25. The van der Waals surface area contributed by atoms with Gasteiger partial charge in [0.1, 0.15) is 5.52 Å². The second kappa shape index (κ2) is 3.99. The summed E-state index contributed by atoms with van der Waals surface area (Å²) in [6, 6.07) is 0. The van der Waals surface area contributed by atoms with Crippen molar-refractivity contribution in [2.45, 2.75) is 19.3 Å². The number of imidazole rings is 1. The number of H-pyrrole nitrogens is 3. The van der Waals surface area contributed by atoms with Crippen LogP contribution in [0.2, 0.25) is 0 Å². The molecule has 17 heavy (non-hydrogen) atoms. The number of anilines is 1. The zero-order valence-corrected chi connectivity index (χ0v) is 10.1. The Hall–Kier alpha value is -1.63. The van der Waals surface area contributed by atoms with Crippen molar-refractivity contribution in [1.29, 1.82) is 0 Å². The molecule has 1 aliphatic heterocycles. The third kappa shape index (κ3) is 1.86. The first kappa shape index (κ1) is 10.5. The predicted molar refractivity (Wildman–Crippen MR) is 68.0 cm³/mol. The summed E-state index contributed by atoms with van der Waals surface area (Å²) in [6.45, 7) is 1.89. The molecule has 1 saturated heterocycles. The summed E-state index contributed by atoms with van der Waals surface area (Å²) in [5.41, 5.74) is 0.762. The first-order valence-corrected chi connectivity index (χ1v) is 6.12. The maximum atomic E-state index is 11.8. The lowest BCUT2D eigenvalue weighted by molar-refractivity contribution is 0.568. The van der Waals surface area contributed by atoms with Gasteiger partial charge in [-0.05, 0) is 31.5 Å². The highest BCUT2D eigenvalue weighted by Gasteiger charge is 2.15. The molecule has 1 fully saturated rings. The van der Waals surface area contributed by atoms with Crippen LogP contribution in [0.3, 0.4) is 0 Å². The third-order valence-corrected chi connectivity index (χ3v) is 3.24. The van der Waals surface area contributed by atoms with Gasteiger partial charge >= 0.3 is 0 Å². The Balaban J connectivity index is 2.11. The molecule has 2 aromatic heterocycles. The van der Waals surface area contributed by atoms with Crippen molar-refractivity contribution >= 4 is 29.3 Å². The van der Waals surface area contributed by atoms with Crippen LogP contribution in [-0.4, -0.2) is 33.0 Å². The lowest BCUT2D eigenvalue weighted by atomic mass is 10.1. The van der Waals surface area contributed by atoms with Crippen molar-refractivity contribution in [2.24, 2.45) is 0 Å². The lowest BCUT2D eigenvalue weighted by Gasteiger charge is -2.26. The average molecular weight is 251 g/mol. The first-order valence-electron chi connectivity index (χ1n) is 5.71. The van der Waals surface area contributed by atoms with Crippen LogP contribution in [0, 0.1) is 4.77 Å². The van der Waals surface area contributed by atoms with Gasteiger partial charge < -0.3 is 14.9 Å². The third-order valence-electron chi connectivity index (χ3n) is 3.03. The van der Waals surface area contributed by atoms with Crippen molar-refractivity contribution in [3.05, 3.63) is 15.1 Å². The molecule has 0 bridgehead atoms. The maximum Gasteiger partial charge on any atom is 0.278 e. The molecule has 3 N–H and O–H groups in total. The van der Waals surface area contributed by atoms with Crippen molar-refractivity contribution < 1.29 is 0 Å². The minimum absolute atomic E-state index is 0.178. The minimum Gasteiger partial charge on any atom is -0.342 e. The van der Waals surface area contributed by atoms with Crippen LogP contribution >= 0.6 is 12.2 Å². The van der Waals surface area contributed by atoms with Gasteiger partial charge in [-0.15, -0.1) is 0 Å². The van der Waals surface area contributed by atoms with E-state index in [-0.39, 0.29) is 5.56 Å². The zero-order chi connectivity index (χ0) is 11.8. The average Bonchev–Trinajstić information content (AvgIpc) is 2.71. The Kier molecular flexibility index (Phi) is 2.47. The van der Waals surface area contributed by atoms with Crippen LogP contribution in [0.15, 0.2) is 4.79 Å². The highest BCUT2D eigenvalue weighted by molar-refractivity contribution is 7.71. The second-order valence-corrected chi connectivity index (χ2v) is 4.65. The second-order valence-electron chi connectivity index (χ2n) is 4.24. The standard InChI is InChI=1S/C10H13N5OS/c16-8-6-7(13-10(17)11-6)12-9(14-8)15-4-2-1-3-5-15/h1-5H2,(H3,11,12,13,14,16,17). The molecule has 0 unspecified atom stereocenters. The maximum absolute atomic E-state index is 11.8. The van der Waals surface area contributed by atoms with E-state index in [1.165, 1.54) is 6.42 Å². The fourth-order valence-corrected chi connectivity index (χ4v) is 2.37. The van der Waals surface area contributed by atoms with Crippen molar-refractivity contribution in [3.63, 3.8) is 0 Å². The molecule has 0 amide bonds. The summed E-state index contributed by atoms with van der Waals surface area (Å²) < 4.78 is 0.425. The molecular formula is C10H13N5OS. The molecule has 6 nitrogen and oxygen atoms in total. The van der Waals surface area contributed by atoms with E-state index in [0.29, 0.717) is 21.9 Å². The molecule has 3 rings (SSSR count). The van der Waals surface area contributed by atoms with Crippen LogP contribution in [-0.2, 0) is 0 Å². The summed E-state index contributed by atoms with van der Waals surface area (Å²) in [5.74, 6) is 0.632. The van der Waals surface area contributed by atoms with Crippen LogP contribution in [0.4, 0.5) is 5.95 Å². The number of fused-ring (bicyclic) bond motifs is 1. The van der Waals surface area contributed by atoms with Gasteiger partial charge in [0.05, 0.1) is 0 Å². The van der Waals surface area contributed by atoms with Crippen molar-refractivity contribution in [2.75, 3.05) is 18.0 Å². The van der Waals surface area contributed by atoms with E-state index in [1.807, 2.05) is 0 Å². The van der Waals surface area contributed by atoms with E-state index < -0.39 is 0 Å². The lowest BCUT2D eigenvalue weighted by Crippen LogP contribution is -2.32. The number of nitrogens with one attached hydrogen (secondary N) is 3. The highest BCUT2D eigenvalue weighted by Crippen LogP contribution is 2.15. The van der Waals surface area contributed by atoms with Gasteiger partial charge in [-0.3, -0.25) is 9.78 Å². The van der Waals surface area contributed by atoms with Gasteiger partial charge in [-0.2, -0.15) is 4.98 Å². The number of rotatable bonds is 1. The molecule has 90 valence electrons. The molecule has 7 heteroatoms. The van der Waals surface area contributed by atoms with Crippen LogP contribution in [0.5, 0.6) is 0 Å². The Labute approximate surface area is 102 Å². The highest BCUT2D eigenvalue weighted by atomic mass is 32.1. The van der Waals surface area contributed by atoms with E-state index in [9.17, 15) is 4.79 Å². The molecule has 0 saturated carbocycles. The molecule has 3 heterocycles. The van der Waals surface area contributed by atoms with Crippen LogP contribution in [0.25, 0.3) is 11.2 Å². The van der Waals surface area contributed by atoms with E-state index in [2.05, 4.69) is 24.8 Å². The van der Waals surface area contributed by atoms with Gasteiger partial charge in [0.2, 0.25) is 5.95 Å². The van der Waals surface area contributed by atoms with Crippen LogP contribution in [0.1, 0.15) is 19.3 Å². The Morgan fingerprint density at radius 3 is 2.65 bits per heavy atom. The van der Waals surface area contributed by atoms with Crippen molar-refractivity contribution in [3.8, 4) is 0 Å². The number of nitrogens with zero attached hydrogens (tertiary/aromatic N) is 2. The first-order chi connectivity index (χ1) is 8.24. The van der Waals surface area contributed by atoms with Gasteiger partial charge in [0.15, 0.2) is 10.4 Å². The summed E-state index contributed by atoms with van der Waals surface area (Å²) in [6.07, 6.45) is 3.53. The number of hydrogen-bond acceptors (Lipinski definition) is 4. The fraction of sp³-hybridized carbons (Fsp3) is 0.500. The number of hydrogen-bond donors (Lipinski definition) is 3. The SMILES string of the molecule is O=c1[nH]c(N2CCCCC2)nc2[nH]c(=S)[nH]c12. The number of piperidine rings is 1. The van der Waals surface area contributed by atoms with E-state index in [4.69, 9.17) is 12.2 Å². The van der Waals surface area contributed by atoms with Gasteiger partial charge in [0.25, 0.3) is 5.56 Å². The smallest absolute Gasteiger partial charge is 0.278 e. The Morgan fingerprint density at radius 1 is 1.12 bits per heavy atom. The summed E-state index contributed by atoms with van der Waals surface area (Å²) in [7, 11) is 0. The molecule has 2 aromatic rings. The number of aromatic amines is 3. The Bertz CT molecular complexity index is 648. The van der Waals surface area contributed by atoms with Gasteiger partial charge in [0, 0.05) is 13.1 Å². The Morgan fingerprint density at radius 2 is 1.88 bits per heavy atom. The van der Waals surface area contributed by atoms with Gasteiger partial charge in [-0.25, -0.2) is 0 Å². The summed E-state index contributed by atoms with van der Waals surface area (Å²) in [5, 5.41) is 0. The molecule has 1 aliphatic rings. The molecule has 0 aliphatic carbocycles. The molecule has 0 atom stereocenters. The fourth-order valence-electron chi connectivity index (χ4n) is 2.18. The largest absolute Gasteiger partial charge is 0.342 e. The summed E-state index contributed by atoms with van der Waals surface area (Å²) >= 11 is 4.95.